The number of ether oxygens (including phenoxy) is 2. The first-order valence-corrected chi connectivity index (χ1v) is 9.03. The molecule has 0 bridgehead atoms. The van der Waals surface area contributed by atoms with Crippen molar-refractivity contribution < 1.29 is 9.47 Å². The zero-order chi connectivity index (χ0) is 17.8. The lowest BCUT2D eigenvalue weighted by Gasteiger charge is -2.20. The maximum Gasteiger partial charge on any atom is 0.214 e. The van der Waals surface area contributed by atoms with Crippen molar-refractivity contribution in [2.45, 2.75) is 32.3 Å². The van der Waals surface area contributed by atoms with Crippen molar-refractivity contribution in [2.75, 3.05) is 7.11 Å². The normalized spacial score (nSPS) is 13.1. The molecule has 0 fully saturated rings. The molecule has 0 spiro atoms. The number of nitrogens with zero attached hydrogens (tertiary/aromatic N) is 2. The van der Waals surface area contributed by atoms with Crippen molar-refractivity contribution >= 4 is 0 Å². The molecule has 2 heterocycles. The summed E-state index contributed by atoms with van der Waals surface area (Å²) in [5, 5.41) is 0. The van der Waals surface area contributed by atoms with E-state index in [0.29, 0.717) is 12.5 Å². The Morgan fingerprint density at radius 3 is 2.77 bits per heavy atom. The Kier molecular flexibility index (Phi) is 4.82. The van der Waals surface area contributed by atoms with E-state index in [2.05, 4.69) is 23.2 Å². The van der Waals surface area contributed by atoms with Gasteiger partial charge in [-0.3, -0.25) is 4.98 Å². The Balaban J connectivity index is 1.69. The lowest BCUT2D eigenvalue weighted by atomic mass is 9.89. The Bertz CT molecular complexity index is 894. The highest BCUT2D eigenvalue weighted by Crippen LogP contribution is 2.34. The molecule has 132 valence electrons. The van der Waals surface area contributed by atoms with Gasteiger partial charge in [0.05, 0.1) is 12.8 Å². The zero-order valence-corrected chi connectivity index (χ0v) is 14.9. The molecule has 0 radical (unpaired) electrons. The molecule has 26 heavy (non-hydrogen) atoms. The molecule has 4 rings (SSSR count). The number of aryl methyl sites for hydroxylation is 1. The summed E-state index contributed by atoms with van der Waals surface area (Å²) in [5.74, 6) is 1.52. The highest BCUT2D eigenvalue weighted by Gasteiger charge is 2.18. The summed E-state index contributed by atoms with van der Waals surface area (Å²) in [6.07, 6.45) is 6.24. The third kappa shape index (κ3) is 3.54. The maximum absolute atomic E-state index is 5.97. The number of rotatable bonds is 5. The predicted molar refractivity (Wildman–Crippen MR) is 101 cm³/mol. The molecule has 2 aromatic heterocycles. The molecule has 0 aliphatic heterocycles. The molecule has 0 saturated carbocycles. The minimum absolute atomic E-state index is 0.421. The largest absolute Gasteiger partial charge is 0.497 e. The van der Waals surface area contributed by atoms with Gasteiger partial charge < -0.3 is 9.47 Å². The van der Waals surface area contributed by atoms with Gasteiger partial charge in [0.15, 0.2) is 0 Å². The van der Waals surface area contributed by atoms with Gasteiger partial charge in [0.2, 0.25) is 5.88 Å². The Morgan fingerprint density at radius 1 is 1.00 bits per heavy atom. The lowest BCUT2D eigenvalue weighted by molar-refractivity contribution is 0.288. The average Bonchev–Trinajstić information content (AvgIpc) is 2.72. The van der Waals surface area contributed by atoms with Crippen molar-refractivity contribution in [3.8, 4) is 22.8 Å². The summed E-state index contributed by atoms with van der Waals surface area (Å²) in [5.41, 5.74) is 5.74. The standard InChI is InChI=1S/C22H22N2O2/c1-25-18-9-6-7-16(13-18)20-14-22(24-21-11-3-2-10-19(20)21)26-15-17-8-4-5-12-23-17/h4-9,12-14H,2-3,10-11,15H2,1H3. The van der Waals surface area contributed by atoms with Crippen molar-refractivity contribution in [1.29, 1.82) is 0 Å². The first kappa shape index (κ1) is 16.6. The molecule has 4 heteroatoms. The van der Waals surface area contributed by atoms with Gasteiger partial charge in [-0.05, 0) is 66.6 Å². The van der Waals surface area contributed by atoms with E-state index in [1.54, 1.807) is 13.3 Å². The third-order valence-electron chi connectivity index (χ3n) is 4.75. The molecule has 1 aliphatic carbocycles. The third-order valence-corrected chi connectivity index (χ3v) is 4.75. The van der Waals surface area contributed by atoms with Crippen LogP contribution in [0.25, 0.3) is 11.1 Å². The minimum Gasteiger partial charge on any atom is -0.497 e. The second-order valence-corrected chi connectivity index (χ2v) is 6.48. The van der Waals surface area contributed by atoms with Crippen LogP contribution in [0, 0.1) is 0 Å². The van der Waals surface area contributed by atoms with Gasteiger partial charge in [-0.25, -0.2) is 4.98 Å². The summed E-state index contributed by atoms with van der Waals surface area (Å²) < 4.78 is 11.4. The number of pyridine rings is 2. The smallest absolute Gasteiger partial charge is 0.214 e. The Labute approximate surface area is 153 Å². The highest BCUT2D eigenvalue weighted by atomic mass is 16.5. The molecule has 0 saturated heterocycles. The predicted octanol–water partition coefficient (Wildman–Crippen LogP) is 4.61. The van der Waals surface area contributed by atoms with E-state index in [1.165, 1.54) is 24.0 Å². The number of hydrogen-bond acceptors (Lipinski definition) is 4. The summed E-state index contributed by atoms with van der Waals surface area (Å²) in [7, 11) is 1.70. The fourth-order valence-corrected chi connectivity index (χ4v) is 3.43. The van der Waals surface area contributed by atoms with E-state index in [9.17, 15) is 0 Å². The van der Waals surface area contributed by atoms with Crippen LogP contribution in [0.3, 0.4) is 0 Å². The summed E-state index contributed by atoms with van der Waals surface area (Å²) in [6, 6.07) is 16.1. The van der Waals surface area contributed by atoms with Crippen molar-refractivity contribution in [3.05, 3.63) is 71.7 Å². The molecule has 4 nitrogen and oxygen atoms in total. The van der Waals surface area contributed by atoms with E-state index in [4.69, 9.17) is 14.5 Å². The Morgan fingerprint density at radius 2 is 1.92 bits per heavy atom. The second-order valence-electron chi connectivity index (χ2n) is 6.48. The second kappa shape index (κ2) is 7.56. The fraction of sp³-hybridized carbons (Fsp3) is 0.273. The molecule has 1 aliphatic rings. The van der Waals surface area contributed by atoms with Crippen molar-refractivity contribution in [3.63, 3.8) is 0 Å². The van der Waals surface area contributed by atoms with Crippen LogP contribution in [0.2, 0.25) is 0 Å². The topological polar surface area (TPSA) is 44.2 Å². The highest BCUT2D eigenvalue weighted by molar-refractivity contribution is 5.70. The summed E-state index contributed by atoms with van der Waals surface area (Å²) in [4.78, 5) is 9.09. The fourth-order valence-electron chi connectivity index (χ4n) is 3.43. The van der Waals surface area contributed by atoms with Gasteiger partial charge in [0.1, 0.15) is 12.4 Å². The molecule has 0 amide bonds. The molecule has 1 aromatic carbocycles. The van der Waals surface area contributed by atoms with Gasteiger partial charge in [-0.2, -0.15) is 0 Å². The van der Waals surface area contributed by atoms with E-state index in [1.807, 2.05) is 30.3 Å². The molecular weight excluding hydrogens is 324 g/mol. The van der Waals surface area contributed by atoms with Crippen LogP contribution in [0.1, 0.15) is 29.8 Å². The van der Waals surface area contributed by atoms with E-state index >= 15 is 0 Å². The van der Waals surface area contributed by atoms with Gasteiger partial charge in [0.25, 0.3) is 0 Å². The summed E-state index contributed by atoms with van der Waals surface area (Å²) in [6.45, 7) is 0.421. The molecule has 0 unspecified atom stereocenters. The van der Waals surface area contributed by atoms with Crippen LogP contribution in [0.15, 0.2) is 54.7 Å². The van der Waals surface area contributed by atoms with E-state index < -0.39 is 0 Å². The minimum atomic E-state index is 0.421. The van der Waals surface area contributed by atoms with Crippen LogP contribution >= 0.6 is 0 Å². The van der Waals surface area contributed by atoms with Crippen LogP contribution in [-0.2, 0) is 19.4 Å². The number of methoxy groups -OCH3 is 1. The molecule has 0 atom stereocenters. The molecule has 0 N–H and O–H groups in total. The number of fused-ring (bicyclic) bond motifs is 1. The monoisotopic (exact) mass is 346 g/mol. The number of aromatic nitrogens is 2. The van der Waals surface area contributed by atoms with Crippen molar-refractivity contribution in [1.82, 2.24) is 9.97 Å². The SMILES string of the molecule is COc1cccc(-c2cc(OCc3ccccn3)nc3c2CCCC3)c1. The van der Waals surface area contributed by atoms with Gasteiger partial charge in [-0.15, -0.1) is 0 Å². The summed E-state index contributed by atoms with van der Waals surface area (Å²) >= 11 is 0. The lowest BCUT2D eigenvalue weighted by Crippen LogP contribution is -2.09. The number of hydrogen-bond donors (Lipinski definition) is 0. The van der Waals surface area contributed by atoms with Crippen molar-refractivity contribution in [2.24, 2.45) is 0 Å². The van der Waals surface area contributed by atoms with E-state index in [0.717, 1.165) is 35.5 Å². The van der Waals surface area contributed by atoms with Crippen LogP contribution in [0.4, 0.5) is 0 Å². The molecular formula is C22H22N2O2. The zero-order valence-electron chi connectivity index (χ0n) is 14.9. The van der Waals surface area contributed by atoms with Gasteiger partial charge in [-0.1, -0.05) is 18.2 Å². The first-order valence-electron chi connectivity index (χ1n) is 9.03. The first-order chi connectivity index (χ1) is 12.8. The van der Waals surface area contributed by atoms with E-state index in [-0.39, 0.29) is 0 Å². The van der Waals surface area contributed by atoms with Crippen LogP contribution in [-0.4, -0.2) is 17.1 Å². The van der Waals surface area contributed by atoms with Crippen LogP contribution < -0.4 is 9.47 Å². The average molecular weight is 346 g/mol. The Hall–Kier alpha value is -2.88. The van der Waals surface area contributed by atoms with Gasteiger partial charge in [0, 0.05) is 18.0 Å². The number of benzene rings is 1. The maximum atomic E-state index is 5.97. The quantitative estimate of drug-likeness (QED) is 0.677. The van der Waals surface area contributed by atoms with Gasteiger partial charge >= 0.3 is 0 Å². The molecule has 3 aromatic rings. The van der Waals surface area contributed by atoms with Crippen LogP contribution in [0.5, 0.6) is 11.6 Å².